The molecule has 2 aliphatic heterocycles. The fourth-order valence-electron chi connectivity index (χ4n) is 3.36. The Morgan fingerprint density at radius 1 is 1.25 bits per heavy atom. The average Bonchev–Trinajstić information content (AvgIpc) is 2.54. The summed E-state index contributed by atoms with van der Waals surface area (Å²) in [4.78, 5) is 5.16. The van der Waals surface area contributed by atoms with Crippen LogP contribution in [0, 0.1) is 0 Å². The third-order valence-electron chi connectivity index (χ3n) is 4.66. The van der Waals surface area contributed by atoms with E-state index in [-0.39, 0.29) is 0 Å². The van der Waals surface area contributed by atoms with Gasteiger partial charge < -0.3 is 15.0 Å². The molecule has 0 aliphatic carbocycles. The van der Waals surface area contributed by atoms with Gasteiger partial charge in [0.2, 0.25) is 0 Å². The molecule has 1 aromatic carbocycles. The van der Waals surface area contributed by atoms with E-state index in [0.717, 1.165) is 18.8 Å². The van der Waals surface area contributed by atoms with E-state index in [4.69, 9.17) is 4.74 Å². The van der Waals surface area contributed by atoms with E-state index in [0.29, 0.717) is 6.04 Å². The number of benzene rings is 1. The third-order valence-corrected chi connectivity index (χ3v) is 4.66. The summed E-state index contributed by atoms with van der Waals surface area (Å²) in [5.74, 6) is 0.960. The van der Waals surface area contributed by atoms with E-state index in [9.17, 15) is 0 Å². The van der Waals surface area contributed by atoms with Gasteiger partial charge in [-0.25, -0.2) is 0 Å². The van der Waals surface area contributed by atoms with Gasteiger partial charge in [0.25, 0.3) is 0 Å². The van der Waals surface area contributed by atoms with Crippen LogP contribution in [0.15, 0.2) is 18.2 Å². The van der Waals surface area contributed by atoms with E-state index in [1.54, 1.807) is 7.11 Å². The SMILES string of the molecule is CCN1CCN([C@@H]2CNCc3cc(OC)ccc32)CC1. The molecule has 1 atom stereocenters. The second-order valence-electron chi connectivity index (χ2n) is 5.68. The van der Waals surface area contributed by atoms with Crippen LogP contribution in [0.5, 0.6) is 5.75 Å². The molecule has 0 spiro atoms. The maximum Gasteiger partial charge on any atom is 0.119 e. The van der Waals surface area contributed by atoms with Gasteiger partial charge >= 0.3 is 0 Å². The molecule has 0 radical (unpaired) electrons. The van der Waals surface area contributed by atoms with E-state index in [2.05, 4.69) is 40.2 Å². The smallest absolute Gasteiger partial charge is 0.119 e. The van der Waals surface area contributed by atoms with Crippen LogP contribution in [0.1, 0.15) is 24.1 Å². The van der Waals surface area contributed by atoms with Gasteiger partial charge in [-0.3, -0.25) is 4.90 Å². The molecule has 0 amide bonds. The first-order valence-corrected chi connectivity index (χ1v) is 7.65. The van der Waals surface area contributed by atoms with Gasteiger partial charge in [-0.05, 0) is 29.8 Å². The zero-order valence-corrected chi connectivity index (χ0v) is 12.6. The Balaban J connectivity index is 1.76. The molecule has 2 heterocycles. The summed E-state index contributed by atoms with van der Waals surface area (Å²) >= 11 is 0. The number of ether oxygens (including phenoxy) is 1. The summed E-state index contributed by atoms with van der Waals surface area (Å²) in [6, 6.07) is 7.05. The highest BCUT2D eigenvalue weighted by Gasteiger charge is 2.28. The van der Waals surface area contributed by atoms with E-state index >= 15 is 0 Å². The fraction of sp³-hybridized carbons (Fsp3) is 0.625. The first-order chi connectivity index (χ1) is 9.81. The molecule has 2 aliphatic rings. The van der Waals surface area contributed by atoms with Crippen molar-refractivity contribution >= 4 is 0 Å². The Morgan fingerprint density at radius 2 is 2.05 bits per heavy atom. The predicted octanol–water partition coefficient (Wildman–Crippen LogP) is 1.48. The number of piperazine rings is 1. The minimum Gasteiger partial charge on any atom is -0.497 e. The summed E-state index contributed by atoms with van der Waals surface area (Å²) in [7, 11) is 1.74. The maximum atomic E-state index is 5.34. The highest BCUT2D eigenvalue weighted by molar-refractivity contribution is 5.39. The number of fused-ring (bicyclic) bond motifs is 1. The largest absolute Gasteiger partial charge is 0.497 e. The first kappa shape index (κ1) is 13.9. The highest BCUT2D eigenvalue weighted by atomic mass is 16.5. The number of hydrogen-bond donors (Lipinski definition) is 1. The average molecular weight is 275 g/mol. The molecule has 110 valence electrons. The molecule has 4 nitrogen and oxygen atoms in total. The second kappa shape index (κ2) is 6.12. The Morgan fingerprint density at radius 3 is 2.75 bits per heavy atom. The number of likely N-dealkylation sites (N-methyl/N-ethyl adjacent to an activating group) is 1. The highest BCUT2D eigenvalue weighted by Crippen LogP contribution is 2.30. The number of nitrogens with zero attached hydrogens (tertiary/aromatic N) is 2. The Kier molecular flexibility index (Phi) is 4.24. The summed E-state index contributed by atoms with van der Waals surface area (Å²) in [5.41, 5.74) is 2.87. The monoisotopic (exact) mass is 275 g/mol. The lowest BCUT2D eigenvalue weighted by molar-refractivity contribution is 0.0949. The van der Waals surface area contributed by atoms with Crippen molar-refractivity contribution in [3.05, 3.63) is 29.3 Å². The quantitative estimate of drug-likeness (QED) is 0.904. The normalized spacial score (nSPS) is 24.4. The standard InChI is InChI=1S/C16H25N3O/c1-3-18-6-8-19(9-7-18)16-12-17-11-13-10-14(20-2)4-5-15(13)16/h4-5,10,16-17H,3,6-9,11-12H2,1-2H3/t16-/m1/s1. The van der Waals surface area contributed by atoms with Crippen LogP contribution in [-0.2, 0) is 6.54 Å². The predicted molar refractivity (Wildman–Crippen MR) is 81.1 cm³/mol. The van der Waals surface area contributed by atoms with Crippen LogP contribution in [0.2, 0.25) is 0 Å². The van der Waals surface area contributed by atoms with Crippen molar-refractivity contribution in [3.63, 3.8) is 0 Å². The van der Waals surface area contributed by atoms with E-state index < -0.39 is 0 Å². The zero-order valence-electron chi connectivity index (χ0n) is 12.6. The van der Waals surface area contributed by atoms with Crippen LogP contribution in [0.25, 0.3) is 0 Å². The van der Waals surface area contributed by atoms with Crippen molar-refractivity contribution < 1.29 is 4.74 Å². The van der Waals surface area contributed by atoms with Gasteiger partial charge in [-0.2, -0.15) is 0 Å². The Bertz CT molecular complexity index is 455. The lowest BCUT2D eigenvalue weighted by Crippen LogP contribution is -2.50. The van der Waals surface area contributed by atoms with Gasteiger partial charge in [-0.15, -0.1) is 0 Å². The summed E-state index contributed by atoms with van der Waals surface area (Å²) in [6.07, 6.45) is 0. The molecule has 1 N–H and O–H groups in total. The summed E-state index contributed by atoms with van der Waals surface area (Å²) in [5, 5.41) is 3.55. The molecule has 0 bridgehead atoms. The van der Waals surface area contributed by atoms with Crippen LogP contribution in [0.4, 0.5) is 0 Å². The summed E-state index contributed by atoms with van der Waals surface area (Å²) in [6.45, 7) is 10.2. The summed E-state index contributed by atoms with van der Waals surface area (Å²) < 4.78 is 5.34. The molecule has 4 heteroatoms. The Hall–Kier alpha value is -1.10. The second-order valence-corrected chi connectivity index (χ2v) is 5.68. The maximum absolute atomic E-state index is 5.34. The minimum absolute atomic E-state index is 0.517. The van der Waals surface area contributed by atoms with Gasteiger partial charge in [0.05, 0.1) is 7.11 Å². The van der Waals surface area contributed by atoms with Gasteiger partial charge in [0.15, 0.2) is 0 Å². The number of hydrogen-bond acceptors (Lipinski definition) is 4. The topological polar surface area (TPSA) is 27.7 Å². The van der Waals surface area contributed by atoms with Crippen LogP contribution >= 0.6 is 0 Å². The van der Waals surface area contributed by atoms with Gasteiger partial charge in [-0.1, -0.05) is 13.0 Å². The fourth-order valence-corrected chi connectivity index (χ4v) is 3.36. The van der Waals surface area contributed by atoms with E-state index in [1.807, 2.05) is 0 Å². The molecule has 0 aromatic heterocycles. The lowest BCUT2D eigenvalue weighted by atomic mass is 9.94. The minimum atomic E-state index is 0.517. The molecule has 1 saturated heterocycles. The van der Waals surface area contributed by atoms with Crippen molar-refractivity contribution in [2.24, 2.45) is 0 Å². The van der Waals surface area contributed by atoms with Crippen molar-refractivity contribution in [1.29, 1.82) is 0 Å². The van der Waals surface area contributed by atoms with Crippen molar-refractivity contribution in [2.45, 2.75) is 19.5 Å². The zero-order chi connectivity index (χ0) is 13.9. The molecule has 0 saturated carbocycles. The number of methoxy groups -OCH3 is 1. The molecule has 20 heavy (non-hydrogen) atoms. The molecular formula is C16H25N3O. The third kappa shape index (κ3) is 2.68. The van der Waals surface area contributed by atoms with Crippen molar-refractivity contribution in [3.8, 4) is 5.75 Å². The number of nitrogens with one attached hydrogen (secondary N) is 1. The number of rotatable bonds is 3. The van der Waals surface area contributed by atoms with Crippen LogP contribution in [-0.4, -0.2) is 56.2 Å². The molecule has 0 unspecified atom stereocenters. The van der Waals surface area contributed by atoms with Gasteiger partial charge in [0.1, 0.15) is 5.75 Å². The van der Waals surface area contributed by atoms with Crippen LogP contribution < -0.4 is 10.1 Å². The molecular weight excluding hydrogens is 250 g/mol. The van der Waals surface area contributed by atoms with Crippen molar-refractivity contribution in [2.75, 3.05) is 46.4 Å². The lowest BCUT2D eigenvalue weighted by Gasteiger charge is -2.41. The molecule has 1 aromatic rings. The van der Waals surface area contributed by atoms with E-state index in [1.165, 1.54) is 43.9 Å². The molecule has 3 rings (SSSR count). The Labute approximate surface area is 121 Å². The van der Waals surface area contributed by atoms with Gasteiger partial charge in [0, 0.05) is 45.3 Å². The first-order valence-electron chi connectivity index (χ1n) is 7.65. The van der Waals surface area contributed by atoms with Crippen LogP contribution in [0.3, 0.4) is 0 Å². The van der Waals surface area contributed by atoms with Crippen molar-refractivity contribution in [1.82, 2.24) is 15.1 Å². The molecule has 1 fully saturated rings.